The Balaban J connectivity index is 2.11. The highest BCUT2D eigenvalue weighted by Gasteiger charge is 2.28. The Kier molecular flexibility index (Phi) is 3.13. The van der Waals surface area contributed by atoms with E-state index in [1.807, 2.05) is 0 Å². The van der Waals surface area contributed by atoms with Gasteiger partial charge in [-0.25, -0.2) is 0 Å². The zero-order valence-electron chi connectivity index (χ0n) is 10.5. The van der Waals surface area contributed by atoms with Crippen LogP contribution in [0.15, 0.2) is 35.3 Å². The summed E-state index contributed by atoms with van der Waals surface area (Å²) in [5.41, 5.74) is 3.03. The second-order valence-corrected chi connectivity index (χ2v) is 5.51. The van der Waals surface area contributed by atoms with Gasteiger partial charge in [-0.15, -0.1) is 0 Å². The predicted molar refractivity (Wildman–Crippen MR) is 70.1 cm³/mol. The molecule has 0 radical (unpaired) electrons. The van der Waals surface area contributed by atoms with E-state index in [2.05, 4.69) is 51.1 Å². The van der Waals surface area contributed by atoms with Crippen LogP contribution in [-0.4, -0.2) is 11.8 Å². The van der Waals surface area contributed by atoms with Gasteiger partial charge in [-0.1, -0.05) is 44.2 Å². The summed E-state index contributed by atoms with van der Waals surface area (Å²) < 4.78 is 0. The maximum Gasteiger partial charge on any atom is 0.0474 e. The minimum absolute atomic E-state index is 0.214. The van der Waals surface area contributed by atoms with Crippen LogP contribution in [-0.2, 0) is 6.42 Å². The molecule has 0 spiro atoms. The SMILES string of the molecule is CC1CCC(C(C)(C)Cc2ccccc2)=N1. The molecule has 0 amide bonds. The summed E-state index contributed by atoms with van der Waals surface area (Å²) in [4.78, 5) is 4.77. The third kappa shape index (κ3) is 2.52. The topological polar surface area (TPSA) is 12.4 Å². The molecule has 16 heavy (non-hydrogen) atoms. The molecule has 1 atom stereocenters. The van der Waals surface area contributed by atoms with Crippen molar-refractivity contribution >= 4 is 5.71 Å². The molecule has 1 unspecified atom stereocenters. The zero-order valence-corrected chi connectivity index (χ0v) is 10.5. The fraction of sp³-hybridized carbons (Fsp3) is 0.533. The van der Waals surface area contributed by atoms with Gasteiger partial charge < -0.3 is 0 Å². The summed E-state index contributed by atoms with van der Waals surface area (Å²) in [6.45, 7) is 6.85. The first kappa shape index (κ1) is 11.4. The van der Waals surface area contributed by atoms with E-state index < -0.39 is 0 Å². The van der Waals surface area contributed by atoms with Crippen molar-refractivity contribution in [3.63, 3.8) is 0 Å². The summed E-state index contributed by atoms with van der Waals surface area (Å²) in [7, 11) is 0. The lowest BCUT2D eigenvalue weighted by Crippen LogP contribution is -2.25. The maximum atomic E-state index is 4.77. The summed E-state index contributed by atoms with van der Waals surface area (Å²) in [6, 6.07) is 11.3. The van der Waals surface area contributed by atoms with Gasteiger partial charge in [0.05, 0.1) is 0 Å². The van der Waals surface area contributed by atoms with Gasteiger partial charge in [-0.2, -0.15) is 0 Å². The number of hydrogen-bond acceptors (Lipinski definition) is 1. The largest absolute Gasteiger partial charge is 0.291 e. The van der Waals surface area contributed by atoms with E-state index in [1.165, 1.54) is 24.1 Å². The van der Waals surface area contributed by atoms with Crippen molar-refractivity contribution in [3.8, 4) is 0 Å². The molecule has 0 saturated carbocycles. The lowest BCUT2D eigenvalue weighted by molar-refractivity contribution is 0.513. The van der Waals surface area contributed by atoms with Crippen LogP contribution in [0.25, 0.3) is 0 Å². The number of hydrogen-bond donors (Lipinski definition) is 0. The fourth-order valence-corrected chi connectivity index (χ4v) is 2.46. The molecule has 1 aliphatic heterocycles. The van der Waals surface area contributed by atoms with Crippen molar-refractivity contribution < 1.29 is 0 Å². The quantitative estimate of drug-likeness (QED) is 0.725. The second-order valence-electron chi connectivity index (χ2n) is 5.51. The van der Waals surface area contributed by atoms with Crippen LogP contribution in [0.5, 0.6) is 0 Å². The Hall–Kier alpha value is -1.11. The van der Waals surface area contributed by atoms with Crippen LogP contribution in [0.1, 0.15) is 39.2 Å². The van der Waals surface area contributed by atoms with Crippen molar-refractivity contribution in [3.05, 3.63) is 35.9 Å². The monoisotopic (exact) mass is 215 g/mol. The van der Waals surface area contributed by atoms with Gasteiger partial charge in [0, 0.05) is 17.2 Å². The van der Waals surface area contributed by atoms with Crippen molar-refractivity contribution in [1.82, 2.24) is 0 Å². The van der Waals surface area contributed by atoms with E-state index in [9.17, 15) is 0 Å². The molecule has 1 aliphatic rings. The van der Waals surface area contributed by atoms with Crippen LogP contribution >= 0.6 is 0 Å². The Morgan fingerprint density at radius 2 is 1.94 bits per heavy atom. The Morgan fingerprint density at radius 1 is 1.25 bits per heavy atom. The minimum atomic E-state index is 0.214. The second kappa shape index (κ2) is 4.40. The normalized spacial score (nSPS) is 20.9. The predicted octanol–water partition coefficient (Wildman–Crippen LogP) is 3.88. The Morgan fingerprint density at radius 3 is 2.50 bits per heavy atom. The summed E-state index contributed by atoms with van der Waals surface area (Å²) in [5.74, 6) is 0. The highest BCUT2D eigenvalue weighted by molar-refractivity contribution is 5.91. The minimum Gasteiger partial charge on any atom is -0.291 e. The lowest BCUT2D eigenvalue weighted by Gasteiger charge is -2.25. The van der Waals surface area contributed by atoms with Crippen LogP contribution in [0.3, 0.4) is 0 Å². The fourth-order valence-electron chi connectivity index (χ4n) is 2.46. The molecule has 0 saturated heterocycles. The molecule has 1 heteroatoms. The molecule has 0 aliphatic carbocycles. The number of benzene rings is 1. The van der Waals surface area contributed by atoms with Crippen molar-refractivity contribution in [2.24, 2.45) is 10.4 Å². The number of nitrogens with zero attached hydrogens (tertiary/aromatic N) is 1. The molecule has 0 N–H and O–H groups in total. The summed E-state index contributed by atoms with van der Waals surface area (Å²) >= 11 is 0. The molecular formula is C15H21N. The zero-order chi connectivity index (χ0) is 11.6. The molecule has 0 fully saturated rings. The van der Waals surface area contributed by atoms with E-state index in [1.54, 1.807) is 0 Å². The third-order valence-electron chi connectivity index (χ3n) is 3.45. The lowest BCUT2D eigenvalue weighted by atomic mass is 9.80. The van der Waals surface area contributed by atoms with Gasteiger partial charge in [-0.05, 0) is 31.7 Å². The van der Waals surface area contributed by atoms with E-state index in [-0.39, 0.29) is 5.41 Å². The standard InChI is InChI=1S/C15H21N/c1-12-9-10-14(16-12)15(2,3)11-13-7-5-4-6-8-13/h4-8,12H,9-11H2,1-3H3. The van der Waals surface area contributed by atoms with Gasteiger partial charge in [0.25, 0.3) is 0 Å². The maximum absolute atomic E-state index is 4.77. The molecule has 1 nitrogen and oxygen atoms in total. The molecule has 1 aromatic carbocycles. The smallest absolute Gasteiger partial charge is 0.0474 e. The number of aliphatic imine (C=N–C) groups is 1. The van der Waals surface area contributed by atoms with Crippen LogP contribution in [0.4, 0.5) is 0 Å². The van der Waals surface area contributed by atoms with Crippen LogP contribution in [0.2, 0.25) is 0 Å². The number of rotatable bonds is 3. The Bertz CT molecular complexity index is 376. The van der Waals surface area contributed by atoms with E-state index >= 15 is 0 Å². The highest BCUT2D eigenvalue weighted by Crippen LogP contribution is 2.30. The third-order valence-corrected chi connectivity index (χ3v) is 3.45. The average Bonchev–Trinajstić information content (AvgIpc) is 2.66. The highest BCUT2D eigenvalue weighted by atomic mass is 14.8. The van der Waals surface area contributed by atoms with Crippen molar-refractivity contribution in [1.29, 1.82) is 0 Å². The van der Waals surface area contributed by atoms with Crippen molar-refractivity contribution in [2.75, 3.05) is 0 Å². The summed E-state index contributed by atoms with van der Waals surface area (Å²) in [5, 5.41) is 0. The Labute approximate surface area is 98.6 Å². The van der Waals surface area contributed by atoms with Gasteiger partial charge >= 0.3 is 0 Å². The van der Waals surface area contributed by atoms with E-state index in [4.69, 9.17) is 4.99 Å². The van der Waals surface area contributed by atoms with Gasteiger partial charge in [0.1, 0.15) is 0 Å². The van der Waals surface area contributed by atoms with Gasteiger partial charge in [-0.3, -0.25) is 4.99 Å². The summed E-state index contributed by atoms with van der Waals surface area (Å²) in [6.07, 6.45) is 3.51. The molecular weight excluding hydrogens is 194 g/mol. The van der Waals surface area contributed by atoms with Gasteiger partial charge in [0.15, 0.2) is 0 Å². The van der Waals surface area contributed by atoms with E-state index in [0.717, 1.165) is 6.42 Å². The van der Waals surface area contributed by atoms with E-state index in [0.29, 0.717) is 6.04 Å². The van der Waals surface area contributed by atoms with Crippen molar-refractivity contribution in [2.45, 2.75) is 46.1 Å². The molecule has 1 heterocycles. The molecule has 1 aromatic rings. The molecule has 0 aromatic heterocycles. The molecule has 0 bridgehead atoms. The van der Waals surface area contributed by atoms with Crippen LogP contribution < -0.4 is 0 Å². The van der Waals surface area contributed by atoms with Crippen LogP contribution in [0, 0.1) is 5.41 Å². The first-order chi connectivity index (χ1) is 7.58. The average molecular weight is 215 g/mol. The first-order valence-electron chi connectivity index (χ1n) is 6.19. The first-order valence-corrected chi connectivity index (χ1v) is 6.19. The molecule has 2 rings (SSSR count). The molecule has 86 valence electrons. The van der Waals surface area contributed by atoms with Gasteiger partial charge in [0.2, 0.25) is 0 Å².